The van der Waals surface area contributed by atoms with Crippen molar-refractivity contribution in [1.29, 1.82) is 0 Å². The zero-order valence-corrected chi connectivity index (χ0v) is 11.1. The molecule has 1 N–H and O–H groups in total. The molecule has 2 nitrogen and oxygen atoms in total. The van der Waals surface area contributed by atoms with E-state index < -0.39 is 0 Å². The van der Waals surface area contributed by atoms with Crippen LogP contribution in [0.15, 0.2) is 42.5 Å². The van der Waals surface area contributed by atoms with Crippen LogP contribution in [0.25, 0.3) is 10.8 Å². The lowest BCUT2D eigenvalue weighted by Gasteiger charge is -2.11. The highest BCUT2D eigenvalue weighted by atomic mass is 35.5. The van der Waals surface area contributed by atoms with Crippen molar-refractivity contribution < 1.29 is 4.74 Å². The van der Waals surface area contributed by atoms with Crippen LogP contribution in [-0.4, -0.2) is 19.7 Å². The van der Waals surface area contributed by atoms with E-state index in [0.29, 0.717) is 5.92 Å². The van der Waals surface area contributed by atoms with Crippen LogP contribution in [0.3, 0.4) is 0 Å². The maximum Gasteiger partial charge on any atom is 0.119 e. The number of hydrogen-bond donors (Lipinski definition) is 1. The Labute approximate surface area is 114 Å². The minimum absolute atomic E-state index is 0. The molecule has 96 valence electrons. The van der Waals surface area contributed by atoms with E-state index in [2.05, 4.69) is 47.8 Å². The molecule has 1 atom stereocenters. The highest BCUT2D eigenvalue weighted by molar-refractivity contribution is 5.85. The molecule has 0 aliphatic carbocycles. The van der Waals surface area contributed by atoms with Gasteiger partial charge in [0.2, 0.25) is 0 Å². The first-order chi connectivity index (χ1) is 8.42. The Morgan fingerprint density at radius 2 is 1.94 bits per heavy atom. The van der Waals surface area contributed by atoms with Crippen LogP contribution in [0.1, 0.15) is 6.42 Å². The number of fused-ring (bicyclic) bond motifs is 1. The van der Waals surface area contributed by atoms with E-state index in [9.17, 15) is 0 Å². The molecular formula is C15H18ClNO. The molecular weight excluding hydrogens is 246 g/mol. The molecule has 3 heteroatoms. The largest absolute Gasteiger partial charge is 0.493 e. The first-order valence-electron chi connectivity index (χ1n) is 6.24. The predicted molar refractivity (Wildman–Crippen MR) is 77.7 cm³/mol. The Hall–Kier alpha value is -1.25. The number of rotatable bonds is 3. The minimum Gasteiger partial charge on any atom is -0.493 e. The average molecular weight is 264 g/mol. The van der Waals surface area contributed by atoms with Gasteiger partial charge in [-0.1, -0.05) is 30.3 Å². The van der Waals surface area contributed by atoms with E-state index in [-0.39, 0.29) is 12.4 Å². The van der Waals surface area contributed by atoms with E-state index in [0.717, 1.165) is 25.4 Å². The quantitative estimate of drug-likeness (QED) is 0.918. The van der Waals surface area contributed by atoms with Gasteiger partial charge in [0.1, 0.15) is 5.75 Å². The molecule has 0 aromatic heterocycles. The normalized spacial score (nSPS) is 18.6. The maximum absolute atomic E-state index is 5.86. The van der Waals surface area contributed by atoms with Crippen LogP contribution in [0.2, 0.25) is 0 Å². The summed E-state index contributed by atoms with van der Waals surface area (Å²) in [4.78, 5) is 0. The van der Waals surface area contributed by atoms with Gasteiger partial charge in [-0.3, -0.25) is 0 Å². The fraction of sp³-hybridized carbons (Fsp3) is 0.333. The Kier molecular flexibility index (Phi) is 4.45. The Morgan fingerprint density at radius 3 is 2.72 bits per heavy atom. The lowest BCUT2D eigenvalue weighted by Crippen LogP contribution is -2.15. The van der Waals surface area contributed by atoms with Gasteiger partial charge in [0, 0.05) is 12.5 Å². The van der Waals surface area contributed by atoms with E-state index in [1.807, 2.05) is 0 Å². The smallest absolute Gasteiger partial charge is 0.119 e. The summed E-state index contributed by atoms with van der Waals surface area (Å²) in [6, 6.07) is 14.7. The monoisotopic (exact) mass is 263 g/mol. The van der Waals surface area contributed by atoms with Gasteiger partial charge in [-0.2, -0.15) is 0 Å². The first kappa shape index (κ1) is 13.2. The number of hydrogen-bond acceptors (Lipinski definition) is 2. The van der Waals surface area contributed by atoms with Crippen LogP contribution < -0.4 is 10.1 Å². The molecule has 0 saturated carbocycles. The molecule has 2 aromatic rings. The Balaban J connectivity index is 0.00000120. The van der Waals surface area contributed by atoms with Gasteiger partial charge >= 0.3 is 0 Å². The third kappa shape index (κ3) is 2.95. The number of ether oxygens (including phenoxy) is 1. The van der Waals surface area contributed by atoms with E-state index in [4.69, 9.17) is 4.74 Å². The average Bonchev–Trinajstić information content (AvgIpc) is 2.89. The second-order valence-electron chi connectivity index (χ2n) is 4.68. The van der Waals surface area contributed by atoms with Crippen molar-refractivity contribution in [1.82, 2.24) is 5.32 Å². The van der Waals surface area contributed by atoms with Crippen LogP contribution >= 0.6 is 12.4 Å². The summed E-state index contributed by atoms with van der Waals surface area (Å²) >= 11 is 0. The van der Waals surface area contributed by atoms with Crippen molar-refractivity contribution in [3.63, 3.8) is 0 Å². The van der Waals surface area contributed by atoms with E-state index in [1.165, 1.54) is 17.2 Å². The molecule has 0 amide bonds. The number of nitrogens with one attached hydrogen (secondary N) is 1. The molecule has 1 heterocycles. The molecule has 1 aliphatic heterocycles. The van der Waals surface area contributed by atoms with E-state index in [1.54, 1.807) is 0 Å². The van der Waals surface area contributed by atoms with Crippen molar-refractivity contribution in [3.05, 3.63) is 42.5 Å². The van der Waals surface area contributed by atoms with Crippen molar-refractivity contribution >= 4 is 23.2 Å². The van der Waals surface area contributed by atoms with Crippen LogP contribution in [0, 0.1) is 5.92 Å². The zero-order valence-electron chi connectivity index (χ0n) is 10.3. The molecule has 3 rings (SSSR count). The fourth-order valence-corrected chi connectivity index (χ4v) is 2.33. The van der Waals surface area contributed by atoms with Crippen molar-refractivity contribution in [2.24, 2.45) is 5.92 Å². The maximum atomic E-state index is 5.86. The summed E-state index contributed by atoms with van der Waals surface area (Å²) in [5, 5.41) is 5.87. The molecule has 18 heavy (non-hydrogen) atoms. The zero-order chi connectivity index (χ0) is 11.5. The summed E-state index contributed by atoms with van der Waals surface area (Å²) in [7, 11) is 0. The fourth-order valence-electron chi connectivity index (χ4n) is 2.33. The Bertz CT molecular complexity index is 509. The molecule has 1 saturated heterocycles. The molecule has 1 fully saturated rings. The van der Waals surface area contributed by atoms with Gasteiger partial charge in [0.05, 0.1) is 6.61 Å². The topological polar surface area (TPSA) is 21.3 Å². The van der Waals surface area contributed by atoms with Gasteiger partial charge in [-0.15, -0.1) is 12.4 Å². The molecule has 1 unspecified atom stereocenters. The van der Waals surface area contributed by atoms with Crippen molar-refractivity contribution in [2.45, 2.75) is 6.42 Å². The van der Waals surface area contributed by atoms with E-state index >= 15 is 0 Å². The van der Waals surface area contributed by atoms with Gasteiger partial charge in [0.25, 0.3) is 0 Å². The molecule has 1 aliphatic rings. The lowest BCUT2D eigenvalue weighted by molar-refractivity contribution is 0.260. The van der Waals surface area contributed by atoms with Crippen LogP contribution in [-0.2, 0) is 0 Å². The highest BCUT2D eigenvalue weighted by Gasteiger charge is 2.14. The van der Waals surface area contributed by atoms with Gasteiger partial charge in [-0.25, -0.2) is 0 Å². The first-order valence-corrected chi connectivity index (χ1v) is 6.24. The molecule has 0 spiro atoms. The minimum atomic E-state index is 0. The second-order valence-corrected chi connectivity index (χ2v) is 4.68. The third-order valence-electron chi connectivity index (χ3n) is 3.37. The summed E-state index contributed by atoms with van der Waals surface area (Å²) in [6.07, 6.45) is 1.23. The van der Waals surface area contributed by atoms with Crippen LogP contribution in [0.4, 0.5) is 0 Å². The highest BCUT2D eigenvalue weighted by Crippen LogP contribution is 2.21. The predicted octanol–water partition coefficient (Wildman–Crippen LogP) is 3.25. The van der Waals surface area contributed by atoms with Gasteiger partial charge in [0.15, 0.2) is 0 Å². The summed E-state index contributed by atoms with van der Waals surface area (Å²) in [5.41, 5.74) is 0. The van der Waals surface area contributed by atoms with Crippen molar-refractivity contribution in [2.75, 3.05) is 19.7 Å². The summed E-state index contributed by atoms with van der Waals surface area (Å²) in [5.74, 6) is 1.65. The number of halogens is 1. The second kappa shape index (κ2) is 6.07. The number of benzene rings is 2. The lowest BCUT2D eigenvalue weighted by atomic mass is 10.1. The van der Waals surface area contributed by atoms with Gasteiger partial charge < -0.3 is 10.1 Å². The summed E-state index contributed by atoms with van der Waals surface area (Å²) < 4.78 is 5.86. The van der Waals surface area contributed by atoms with Crippen molar-refractivity contribution in [3.8, 4) is 5.75 Å². The Morgan fingerprint density at radius 1 is 1.11 bits per heavy atom. The SMILES string of the molecule is Cl.c1ccc2cc(OCC3CCNC3)ccc2c1. The molecule has 0 bridgehead atoms. The van der Waals surface area contributed by atoms with Gasteiger partial charge in [-0.05, 0) is 35.9 Å². The summed E-state index contributed by atoms with van der Waals surface area (Å²) in [6.45, 7) is 3.05. The standard InChI is InChI=1S/C15H17NO.ClH/c1-2-4-14-9-15(6-5-13(14)3-1)17-11-12-7-8-16-10-12;/h1-6,9,12,16H,7-8,10-11H2;1H. The third-order valence-corrected chi connectivity index (χ3v) is 3.37. The molecule has 0 radical (unpaired) electrons. The van der Waals surface area contributed by atoms with Crippen LogP contribution in [0.5, 0.6) is 5.75 Å². The molecule has 2 aromatic carbocycles.